The molecular weight excluding hydrogens is 357 g/mol. The van der Waals surface area contributed by atoms with Crippen LogP contribution in [0.5, 0.6) is 0 Å². The van der Waals surface area contributed by atoms with Gasteiger partial charge in [-0.2, -0.15) is 0 Å². The van der Waals surface area contributed by atoms with Crippen molar-refractivity contribution in [2.45, 2.75) is 19.9 Å². The zero-order valence-corrected chi connectivity index (χ0v) is 15.6. The normalized spacial score (nSPS) is 12.6. The third-order valence-electron chi connectivity index (χ3n) is 4.93. The average molecular weight is 377 g/mol. The van der Waals surface area contributed by atoms with Crippen molar-refractivity contribution in [2.75, 3.05) is 5.73 Å². The van der Waals surface area contributed by atoms with Crippen LogP contribution in [-0.2, 0) is 0 Å². The van der Waals surface area contributed by atoms with E-state index in [4.69, 9.17) is 5.73 Å². The van der Waals surface area contributed by atoms with Gasteiger partial charge in [-0.25, -0.2) is 4.39 Å². The van der Waals surface area contributed by atoms with Crippen LogP contribution in [0.15, 0.2) is 59.7 Å². The molecule has 1 atom stereocenters. The highest BCUT2D eigenvalue weighted by Gasteiger charge is 2.23. The van der Waals surface area contributed by atoms with Gasteiger partial charge in [0.15, 0.2) is 0 Å². The fraction of sp³-hybridized carbons (Fsp3) is 0.190. The topological polar surface area (TPSA) is 89.6 Å². The van der Waals surface area contributed by atoms with Crippen LogP contribution in [0.3, 0.4) is 0 Å². The molecule has 28 heavy (non-hydrogen) atoms. The first kappa shape index (κ1) is 17.9. The summed E-state index contributed by atoms with van der Waals surface area (Å²) in [6.07, 6.45) is 1.53. The van der Waals surface area contributed by atoms with E-state index in [0.29, 0.717) is 16.6 Å². The largest absolute Gasteiger partial charge is 0.368 e. The van der Waals surface area contributed by atoms with Gasteiger partial charge in [0.05, 0.1) is 6.04 Å². The third-order valence-corrected chi connectivity index (χ3v) is 4.93. The quantitative estimate of drug-likeness (QED) is 0.567. The van der Waals surface area contributed by atoms with Gasteiger partial charge in [-0.1, -0.05) is 38.1 Å². The monoisotopic (exact) mass is 377 g/mol. The molecule has 4 rings (SSSR count). The summed E-state index contributed by atoms with van der Waals surface area (Å²) in [7, 11) is 0. The number of H-pyrrole nitrogens is 1. The van der Waals surface area contributed by atoms with E-state index in [1.165, 1.54) is 12.4 Å². The lowest BCUT2D eigenvalue weighted by Crippen LogP contribution is -2.25. The highest BCUT2D eigenvalue weighted by Crippen LogP contribution is 2.28. The number of pyridine rings is 1. The van der Waals surface area contributed by atoms with Gasteiger partial charge >= 0.3 is 0 Å². The van der Waals surface area contributed by atoms with Gasteiger partial charge in [0.1, 0.15) is 12.1 Å². The maximum absolute atomic E-state index is 14.1. The maximum Gasteiger partial charge on any atom is 0.253 e. The first-order valence-corrected chi connectivity index (χ1v) is 9.02. The second-order valence-corrected chi connectivity index (χ2v) is 7.12. The lowest BCUT2D eigenvalue weighted by atomic mass is 9.96. The Kier molecular flexibility index (Phi) is 4.43. The third kappa shape index (κ3) is 3.05. The van der Waals surface area contributed by atoms with Crippen molar-refractivity contribution in [1.29, 1.82) is 0 Å². The Morgan fingerprint density at radius 1 is 1.14 bits per heavy atom. The van der Waals surface area contributed by atoms with Crippen molar-refractivity contribution >= 4 is 16.7 Å². The first-order valence-electron chi connectivity index (χ1n) is 9.02. The van der Waals surface area contributed by atoms with Gasteiger partial charge in [-0.3, -0.25) is 9.36 Å². The molecule has 2 heterocycles. The zero-order chi connectivity index (χ0) is 19.8. The first-order chi connectivity index (χ1) is 13.5. The summed E-state index contributed by atoms with van der Waals surface area (Å²) in [5, 5.41) is 8.97. The van der Waals surface area contributed by atoms with Crippen LogP contribution in [0.2, 0.25) is 0 Å². The highest BCUT2D eigenvalue weighted by atomic mass is 19.1. The van der Waals surface area contributed by atoms with E-state index < -0.39 is 0 Å². The summed E-state index contributed by atoms with van der Waals surface area (Å²) in [5.41, 5.74) is 7.60. The molecule has 142 valence electrons. The molecule has 2 aromatic heterocycles. The van der Waals surface area contributed by atoms with Crippen LogP contribution in [0.4, 0.5) is 10.3 Å². The van der Waals surface area contributed by atoms with Crippen molar-refractivity contribution in [3.8, 4) is 11.3 Å². The van der Waals surface area contributed by atoms with Crippen LogP contribution in [-0.4, -0.2) is 19.7 Å². The van der Waals surface area contributed by atoms with Crippen molar-refractivity contribution < 1.29 is 4.39 Å². The fourth-order valence-corrected chi connectivity index (χ4v) is 3.58. The molecule has 0 amide bonds. The van der Waals surface area contributed by atoms with Gasteiger partial charge < -0.3 is 10.7 Å². The molecule has 0 radical (unpaired) electrons. The number of nitrogens with zero attached hydrogens (tertiary/aromatic N) is 3. The molecule has 6 nitrogen and oxygen atoms in total. The molecule has 4 aromatic rings. The molecule has 0 spiro atoms. The molecule has 0 aliphatic carbocycles. The van der Waals surface area contributed by atoms with E-state index in [-0.39, 0.29) is 29.3 Å². The van der Waals surface area contributed by atoms with Gasteiger partial charge in [0.25, 0.3) is 5.56 Å². The Bertz CT molecular complexity index is 1210. The smallest absolute Gasteiger partial charge is 0.253 e. The SMILES string of the molecule is CC(C)C(c1ccc(-c2ccc3cccc(F)c3c2)[nH]c1=O)n1cnnc1N. The van der Waals surface area contributed by atoms with Gasteiger partial charge in [-0.05, 0) is 41.1 Å². The number of halogens is 1. The summed E-state index contributed by atoms with van der Waals surface area (Å²) in [6, 6.07) is 13.7. The Hall–Kier alpha value is -3.48. The predicted molar refractivity (Wildman–Crippen MR) is 107 cm³/mol. The molecular formula is C21H20FN5O. The number of anilines is 1. The molecule has 0 saturated carbocycles. The number of hydrogen-bond donors (Lipinski definition) is 2. The van der Waals surface area contributed by atoms with E-state index >= 15 is 0 Å². The van der Waals surface area contributed by atoms with Crippen LogP contribution >= 0.6 is 0 Å². The van der Waals surface area contributed by atoms with Crippen molar-refractivity contribution in [2.24, 2.45) is 5.92 Å². The summed E-state index contributed by atoms with van der Waals surface area (Å²) in [5.74, 6) is 0.0634. The van der Waals surface area contributed by atoms with Crippen LogP contribution in [0.1, 0.15) is 25.5 Å². The number of benzene rings is 2. The van der Waals surface area contributed by atoms with E-state index in [1.54, 1.807) is 22.8 Å². The minimum atomic E-state index is -0.290. The minimum absolute atomic E-state index is 0.0972. The second-order valence-electron chi connectivity index (χ2n) is 7.12. The number of aromatic nitrogens is 4. The summed E-state index contributed by atoms with van der Waals surface area (Å²) in [6.45, 7) is 4.01. The van der Waals surface area contributed by atoms with E-state index in [0.717, 1.165) is 10.9 Å². The van der Waals surface area contributed by atoms with E-state index in [1.807, 2.05) is 38.1 Å². The Labute approximate surface area is 160 Å². The number of nitrogen functional groups attached to an aromatic ring is 1. The van der Waals surface area contributed by atoms with E-state index in [9.17, 15) is 9.18 Å². The number of aromatic amines is 1. The predicted octanol–water partition coefficient (Wildman–Crippen LogP) is 3.75. The number of fused-ring (bicyclic) bond motifs is 1. The number of nitrogens with one attached hydrogen (secondary N) is 1. The van der Waals surface area contributed by atoms with Crippen LogP contribution in [0, 0.1) is 11.7 Å². The molecule has 1 unspecified atom stereocenters. The lowest BCUT2D eigenvalue weighted by molar-refractivity contribution is 0.437. The Morgan fingerprint density at radius 2 is 1.96 bits per heavy atom. The van der Waals surface area contributed by atoms with Crippen LogP contribution < -0.4 is 11.3 Å². The molecule has 0 fully saturated rings. The molecule has 2 aromatic carbocycles. The molecule has 3 N–H and O–H groups in total. The van der Waals surface area contributed by atoms with Crippen molar-refractivity contribution in [3.63, 3.8) is 0 Å². The molecule has 7 heteroatoms. The number of rotatable bonds is 4. The molecule has 0 aliphatic heterocycles. The van der Waals surface area contributed by atoms with Crippen LogP contribution in [0.25, 0.3) is 22.0 Å². The van der Waals surface area contributed by atoms with E-state index in [2.05, 4.69) is 15.2 Å². The standard InChI is InChI=1S/C21H20FN5O/c1-12(2)19(27-11-24-26-21(27)23)15-8-9-18(25-20(15)28)14-7-6-13-4-3-5-17(22)16(13)10-14/h3-12,19H,1-2H3,(H2,23,26)(H,25,28). The highest BCUT2D eigenvalue weighted by molar-refractivity contribution is 5.87. The number of nitrogens with two attached hydrogens (primary N) is 1. The lowest BCUT2D eigenvalue weighted by Gasteiger charge is -2.22. The molecule has 0 aliphatic rings. The van der Waals surface area contributed by atoms with Gasteiger partial charge in [0.2, 0.25) is 5.95 Å². The average Bonchev–Trinajstić information content (AvgIpc) is 3.09. The second kappa shape index (κ2) is 6.92. The Morgan fingerprint density at radius 3 is 2.64 bits per heavy atom. The Balaban J connectivity index is 1.79. The zero-order valence-electron chi connectivity index (χ0n) is 15.6. The summed E-state index contributed by atoms with van der Waals surface area (Å²) < 4.78 is 15.8. The summed E-state index contributed by atoms with van der Waals surface area (Å²) in [4.78, 5) is 15.8. The van der Waals surface area contributed by atoms with Crippen molar-refractivity contribution in [3.05, 3.63) is 76.6 Å². The molecule has 0 saturated heterocycles. The fourth-order valence-electron chi connectivity index (χ4n) is 3.58. The van der Waals surface area contributed by atoms with Gasteiger partial charge in [0, 0.05) is 16.6 Å². The van der Waals surface area contributed by atoms with Crippen molar-refractivity contribution in [1.82, 2.24) is 19.7 Å². The maximum atomic E-state index is 14.1. The minimum Gasteiger partial charge on any atom is -0.368 e. The molecule has 0 bridgehead atoms. The number of hydrogen-bond acceptors (Lipinski definition) is 4. The van der Waals surface area contributed by atoms with Gasteiger partial charge in [-0.15, -0.1) is 10.2 Å². The summed E-state index contributed by atoms with van der Waals surface area (Å²) >= 11 is 0.